The maximum atomic E-state index is 13.9. The zero-order chi connectivity index (χ0) is 16.2. The number of piperazine rings is 1. The van der Waals surface area contributed by atoms with Crippen LogP contribution in [0.1, 0.15) is 10.4 Å². The lowest BCUT2D eigenvalue weighted by atomic mass is 10.2. The fraction of sp³-hybridized carbons (Fsp3) is 0.294. The Balaban J connectivity index is 1.69. The van der Waals surface area contributed by atoms with Gasteiger partial charge in [-0.3, -0.25) is 4.79 Å². The molecule has 2 heterocycles. The first-order valence-corrected chi connectivity index (χ1v) is 7.62. The molecule has 0 unspecified atom stereocenters. The van der Waals surface area contributed by atoms with Crippen LogP contribution in [-0.4, -0.2) is 49.0 Å². The molecule has 1 aliphatic rings. The number of carbonyl (C=O) groups is 1. The second kappa shape index (κ2) is 6.64. The number of nitrogens with zero attached hydrogens (tertiary/aromatic N) is 3. The molecule has 0 atom stereocenters. The van der Waals surface area contributed by atoms with E-state index in [2.05, 4.69) is 10.3 Å². The van der Waals surface area contributed by atoms with Crippen LogP contribution in [0.15, 0.2) is 42.6 Å². The Labute approximate surface area is 134 Å². The van der Waals surface area contributed by atoms with Gasteiger partial charge in [-0.05, 0) is 24.3 Å². The minimum Gasteiger partial charge on any atom is -0.372 e. The van der Waals surface area contributed by atoms with E-state index in [0.29, 0.717) is 43.2 Å². The number of halogens is 1. The first-order chi connectivity index (χ1) is 11.2. The molecule has 6 heteroatoms. The second-order valence-corrected chi connectivity index (χ2v) is 5.38. The third-order valence-corrected chi connectivity index (χ3v) is 4.03. The fourth-order valence-electron chi connectivity index (χ4n) is 2.81. The molecule has 1 amide bonds. The van der Waals surface area contributed by atoms with Crippen LogP contribution in [0.4, 0.5) is 15.9 Å². The van der Waals surface area contributed by atoms with Crippen LogP contribution in [0.25, 0.3) is 0 Å². The number of aromatic nitrogens is 1. The van der Waals surface area contributed by atoms with E-state index in [4.69, 9.17) is 0 Å². The van der Waals surface area contributed by atoms with Gasteiger partial charge in [0.1, 0.15) is 11.6 Å². The van der Waals surface area contributed by atoms with Crippen LogP contribution in [0.5, 0.6) is 0 Å². The summed E-state index contributed by atoms with van der Waals surface area (Å²) in [6.45, 7) is 2.35. The van der Waals surface area contributed by atoms with Gasteiger partial charge in [-0.15, -0.1) is 0 Å². The van der Waals surface area contributed by atoms with E-state index < -0.39 is 0 Å². The third kappa shape index (κ3) is 3.11. The highest BCUT2D eigenvalue weighted by Crippen LogP contribution is 2.21. The summed E-state index contributed by atoms with van der Waals surface area (Å²) in [5, 5.41) is 2.94. The lowest BCUT2D eigenvalue weighted by molar-refractivity contribution is 0.0747. The quantitative estimate of drug-likeness (QED) is 0.944. The summed E-state index contributed by atoms with van der Waals surface area (Å²) in [5.41, 5.74) is 1.16. The molecule has 23 heavy (non-hydrogen) atoms. The minimum absolute atomic E-state index is 0.0457. The van der Waals surface area contributed by atoms with Gasteiger partial charge in [0.2, 0.25) is 0 Å². The Morgan fingerprint density at radius 2 is 1.87 bits per heavy atom. The molecule has 3 rings (SSSR count). The van der Waals surface area contributed by atoms with Gasteiger partial charge in [0.15, 0.2) is 0 Å². The van der Waals surface area contributed by atoms with E-state index >= 15 is 0 Å². The molecular formula is C17H19FN4O. The molecule has 1 fully saturated rings. The zero-order valence-corrected chi connectivity index (χ0v) is 13.0. The topological polar surface area (TPSA) is 48.5 Å². The highest BCUT2D eigenvalue weighted by molar-refractivity contribution is 5.98. The Morgan fingerprint density at radius 3 is 2.57 bits per heavy atom. The lowest BCUT2D eigenvalue weighted by Gasteiger charge is -2.36. The number of anilines is 2. The summed E-state index contributed by atoms with van der Waals surface area (Å²) in [4.78, 5) is 20.6. The number of para-hydroxylation sites is 1. The molecule has 0 bridgehead atoms. The largest absolute Gasteiger partial charge is 0.372 e. The molecule has 0 radical (unpaired) electrons. The molecule has 0 saturated carbocycles. The van der Waals surface area contributed by atoms with Crippen molar-refractivity contribution in [1.82, 2.24) is 9.88 Å². The molecule has 1 aromatic heterocycles. The van der Waals surface area contributed by atoms with Crippen LogP contribution in [0, 0.1) is 5.82 Å². The number of benzene rings is 1. The Hall–Kier alpha value is -2.63. The highest BCUT2D eigenvalue weighted by Gasteiger charge is 2.25. The van der Waals surface area contributed by atoms with Gasteiger partial charge in [0, 0.05) is 39.4 Å². The van der Waals surface area contributed by atoms with Crippen molar-refractivity contribution in [2.45, 2.75) is 0 Å². The number of rotatable bonds is 3. The summed E-state index contributed by atoms with van der Waals surface area (Å²) in [6, 6.07) is 10.3. The number of carbonyl (C=O) groups excluding carboxylic acids is 1. The SMILES string of the molecule is CNc1ncccc1C(=O)N1CCN(c2ccccc2F)CC1. The normalized spacial score (nSPS) is 14.7. The van der Waals surface area contributed by atoms with Gasteiger partial charge >= 0.3 is 0 Å². The first kappa shape index (κ1) is 15.3. The standard InChI is InChI=1S/C17H19FN4O/c1-19-16-13(5-4-8-20-16)17(23)22-11-9-21(10-12-22)15-7-3-2-6-14(15)18/h2-8H,9-12H2,1H3,(H,19,20). The Bertz CT molecular complexity index is 698. The molecular weight excluding hydrogens is 295 g/mol. The zero-order valence-electron chi connectivity index (χ0n) is 13.0. The summed E-state index contributed by atoms with van der Waals surface area (Å²) >= 11 is 0. The molecule has 0 aliphatic carbocycles. The summed E-state index contributed by atoms with van der Waals surface area (Å²) in [7, 11) is 1.75. The van der Waals surface area contributed by atoms with Crippen LogP contribution in [0.3, 0.4) is 0 Å². The molecule has 1 saturated heterocycles. The summed E-state index contributed by atoms with van der Waals surface area (Å²) in [5.74, 6) is 0.307. The average Bonchev–Trinajstić information content (AvgIpc) is 2.61. The number of nitrogens with one attached hydrogen (secondary N) is 1. The number of hydrogen-bond acceptors (Lipinski definition) is 4. The molecule has 2 aromatic rings. The van der Waals surface area contributed by atoms with Gasteiger partial charge in [-0.2, -0.15) is 0 Å². The van der Waals surface area contributed by atoms with Gasteiger partial charge in [0.05, 0.1) is 11.3 Å². The molecule has 5 nitrogen and oxygen atoms in total. The van der Waals surface area contributed by atoms with E-state index in [9.17, 15) is 9.18 Å². The first-order valence-electron chi connectivity index (χ1n) is 7.62. The van der Waals surface area contributed by atoms with E-state index in [1.165, 1.54) is 6.07 Å². The van der Waals surface area contributed by atoms with E-state index in [1.807, 2.05) is 11.0 Å². The second-order valence-electron chi connectivity index (χ2n) is 5.38. The Kier molecular flexibility index (Phi) is 4.41. The third-order valence-electron chi connectivity index (χ3n) is 4.03. The van der Waals surface area contributed by atoms with Crippen LogP contribution < -0.4 is 10.2 Å². The molecule has 1 N–H and O–H groups in total. The monoisotopic (exact) mass is 314 g/mol. The molecule has 1 aromatic carbocycles. The summed E-state index contributed by atoms with van der Waals surface area (Å²) < 4.78 is 13.9. The maximum Gasteiger partial charge on any atom is 0.257 e. The van der Waals surface area contributed by atoms with E-state index in [0.717, 1.165) is 0 Å². The number of pyridine rings is 1. The van der Waals surface area contributed by atoms with Gasteiger partial charge in [0.25, 0.3) is 5.91 Å². The van der Waals surface area contributed by atoms with Crippen LogP contribution >= 0.6 is 0 Å². The molecule has 1 aliphatic heterocycles. The van der Waals surface area contributed by atoms with Crippen molar-refractivity contribution in [3.05, 3.63) is 54.0 Å². The van der Waals surface area contributed by atoms with Gasteiger partial charge in [-0.1, -0.05) is 12.1 Å². The minimum atomic E-state index is -0.225. The van der Waals surface area contributed by atoms with Gasteiger partial charge in [-0.25, -0.2) is 9.37 Å². The van der Waals surface area contributed by atoms with Gasteiger partial charge < -0.3 is 15.1 Å². The molecule has 0 spiro atoms. The van der Waals surface area contributed by atoms with Crippen LogP contribution in [-0.2, 0) is 0 Å². The van der Waals surface area contributed by atoms with Crippen molar-refractivity contribution in [3.8, 4) is 0 Å². The van der Waals surface area contributed by atoms with Crippen molar-refractivity contribution < 1.29 is 9.18 Å². The number of amides is 1. The summed E-state index contributed by atoms with van der Waals surface area (Å²) in [6.07, 6.45) is 1.65. The van der Waals surface area contributed by atoms with Crippen molar-refractivity contribution in [3.63, 3.8) is 0 Å². The predicted molar refractivity (Wildman–Crippen MR) is 88.3 cm³/mol. The fourth-order valence-corrected chi connectivity index (χ4v) is 2.81. The van der Waals surface area contributed by atoms with Crippen molar-refractivity contribution >= 4 is 17.4 Å². The van der Waals surface area contributed by atoms with E-state index in [1.54, 1.807) is 42.4 Å². The van der Waals surface area contributed by atoms with Crippen LogP contribution in [0.2, 0.25) is 0 Å². The van der Waals surface area contributed by atoms with Crippen molar-refractivity contribution in [1.29, 1.82) is 0 Å². The van der Waals surface area contributed by atoms with Crippen molar-refractivity contribution in [2.24, 2.45) is 0 Å². The smallest absolute Gasteiger partial charge is 0.257 e. The molecule has 120 valence electrons. The maximum absolute atomic E-state index is 13.9. The highest BCUT2D eigenvalue weighted by atomic mass is 19.1. The lowest BCUT2D eigenvalue weighted by Crippen LogP contribution is -2.49. The van der Waals surface area contributed by atoms with E-state index in [-0.39, 0.29) is 11.7 Å². The Morgan fingerprint density at radius 1 is 1.13 bits per heavy atom. The predicted octanol–water partition coefficient (Wildman–Crippen LogP) is 2.22. The van der Waals surface area contributed by atoms with Crippen molar-refractivity contribution in [2.75, 3.05) is 43.4 Å². The average molecular weight is 314 g/mol. The number of hydrogen-bond donors (Lipinski definition) is 1.